The van der Waals surface area contributed by atoms with E-state index in [2.05, 4.69) is 36.2 Å². The number of benzene rings is 2. The molecule has 23 heavy (non-hydrogen) atoms. The molecule has 0 bridgehead atoms. The molecule has 0 spiro atoms. The number of rotatable bonds is 7. The summed E-state index contributed by atoms with van der Waals surface area (Å²) in [6.45, 7) is 5.28. The molecule has 1 amide bonds. The van der Waals surface area contributed by atoms with Gasteiger partial charge in [0.25, 0.3) is 0 Å². The van der Waals surface area contributed by atoms with Gasteiger partial charge >= 0.3 is 0 Å². The molecule has 0 atom stereocenters. The van der Waals surface area contributed by atoms with Crippen LogP contribution < -0.4 is 10.1 Å². The first-order chi connectivity index (χ1) is 11.1. The second-order valence-electron chi connectivity index (χ2n) is 5.73. The summed E-state index contributed by atoms with van der Waals surface area (Å²) in [4.78, 5) is 14.5. The lowest BCUT2D eigenvalue weighted by Crippen LogP contribution is -2.37. The molecule has 0 saturated carbocycles. The predicted octanol–water partition coefficient (Wildman–Crippen LogP) is 3.54. The Kier molecular flexibility index (Phi) is 6.18. The zero-order valence-electron chi connectivity index (χ0n) is 14.0. The maximum absolute atomic E-state index is 12.4. The Bertz CT molecular complexity index is 626. The van der Waals surface area contributed by atoms with Crippen molar-refractivity contribution in [3.05, 3.63) is 60.2 Å². The summed E-state index contributed by atoms with van der Waals surface area (Å²) in [6, 6.07) is 17.9. The van der Waals surface area contributed by atoms with E-state index in [4.69, 9.17) is 4.74 Å². The van der Waals surface area contributed by atoms with Crippen molar-refractivity contribution in [1.29, 1.82) is 0 Å². The number of nitrogens with zero attached hydrogens (tertiary/aromatic N) is 1. The molecule has 0 aliphatic carbocycles. The Hall–Kier alpha value is -2.33. The molecular weight excluding hydrogens is 288 g/mol. The normalized spacial score (nSPS) is 10.8. The smallest absolute Gasteiger partial charge is 0.238 e. The Morgan fingerprint density at radius 1 is 1.09 bits per heavy atom. The van der Waals surface area contributed by atoms with Crippen LogP contribution in [-0.4, -0.2) is 30.5 Å². The number of methoxy groups -OCH3 is 1. The van der Waals surface area contributed by atoms with Gasteiger partial charge in [-0.2, -0.15) is 0 Å². The number of nitrogens with one attached hydrogen (secondary N) is 1. The quantitative estimate of drug-likeness (QED) is 0.850. The van der Waals surface area contributed by atoms with E-state index in [-0.39, 0.29) is 11.9 Å². The summed E-state index contributed by atoms with van der Waals surface area (Å²) >= 11 is 0. The van der Waals surface area contributed by atoms with Gasteiger partial charge in [-0.1, -0.05) is 42.5 Å². The standard InChI is InChI=1S/C19H24N2O2/c1-15(2)21(13-16-9-5-4-6-10-16)14-19(22)20-17-11-7-8-12-18(17)23-3/h4-12,15H,13-14H2,1-3H3,(H,20,22). The van der Waals surface area contributed by atoms with Crippen LogP contribution in [0.5, 0.6) is 5.75 Å². The topological polar surface area (TPSA) is 41.6 Å². The molecule has 2 aromatic rings. The highest BCUT2D eigenvalue weighted by molar-refractivity contribution is 5.93. The highest BCUT2D eigenvalue weighted by Crippen LogP contribution is 2.23. The molecule has 1 N–H and O–H groups in total. The summed E-state index contributed by atoms with van der Waals surface area (Å²) in [5.74, 6) is 0.624. The van der Waals surface area contributed by atoms with E-state index in [1.165, 1.54) is 5.56 Å². The fourth-order valence-corrected chi connectivity index (χ4v) is 2.36. The Balaban J connectivity index is 2.01. The molecule has 0 aliphatic rings. The average molecular weight is 312 g/mol. The first-order valence-corrected chi connectivity index (χ1v) is 7.81. The third-order valence-electron chi connectivity index (χ3n) is 3.69. The van der Waals surface area contributed by atoms with Crippen molar-refractivity contribution < 1.29 is 9.53 Å². The molecule has 0 unspecified atom stereocenters. The third-order valence-corrected chi connectivity index (χ3v) is 3.69. The molecule has 0 heterocycles. The largest absolute Gasteiger partial charge is 0.495 e. The average Bonchev–Trinajstić information content (AvgIpc) is 2.55. The van der Waals surface area contributed by atoms with Gasteiger partial charge in [0.05, 0.1) is 19.3 Å². The van der Waals surface area contributed by atoms with E-state index < -0.39 is 0 Å². The fourth-order valence-electron chi connectivity index (χ4n) is 2.36. The molecule has 0 fully saturated rings. The van der Waals surface area contributed by atoms with Crippen molar-refractivity contribution >= 4 is 11.6 Å². The van der Waals surface area contributed by atoms with Gasteiger partial charge in [-0.25, -0.2) is 0 Å². The second-order valence-corrected chi connectivity index (χ2v) is 5.73. The third kappa shape index (κ3) is 5.11. The lowest BCUT2D eigenvalue weighted by atomic mass is 10.2. The number of carbonyl (C=O) groups is 1. The van der Waals surface area contributed by atoms with Crippen LogP contribution in [0.1, 0.15) is 19.4 Å². The molecule has 0 radical (unpaired) electrons. The number of amides is 1. The maximum atomic E-state index is 12.4. The van der Waals surface area contributed by atoms with Gasteiger partial charge in [0.15, 0.2) is 0 Å². The number of hydrogen-bond donors (Lipinski definition) is 1. The van der Waals surface area contributed by atoms with Crippen LogP contribution in [0.4, 0.5) is 5.69 Å². The van der Waals surface area contributed by atoms with E-state index in [9.17, 15) is 4.79 Å². The van der Waals surface area contributed by atoms with Gasteiger partial charge in [-0.05, 0) is 31.5 Å². The van der Waals surface area contributed by atoms with Crippen molar-refractivity contribution in [3.63, 3.8) is 0 Å². The van der Waals surface area contributed by atoms with Crippen molar-refractivity contribution in [2.45, 2.75) is 26.4 Å². The van der Waals surface area contributed by atoms with Crippen LogP contribution in [0.25, 0.3) is 0 Å². The summed E-state index contributed by atoms with van der Waals surface area (Å²) in [5.41, 5.74) is 1.90. The number of para-hydroxylation sites is 2. The van der Waals surface area contributed by atoms with Crippen molar-refractivity contribution in [1.82, 2.24) is 4.90 Å². The predicted molar refractivity (Wildman–Crippen MR) is 93.6 cm³/mol. The number of anilines is 1. The van der Waals surface area contributed by atoms with Crippen LogP contribution in [0, 0.1) is 0 Å². The summed E-state index contributed by atoms with van der Waals surface area (Å²) in [7, 11) is 1.60. The molecule has 4 nitrogen and oxygen atoms in total. The fraction of sp³-hybridized carbons (Fsp3) is 0.316. The molecule has 4 heteroatoms. The first-order valence-electron chi connectivity index (χ1n) is 7.81. The van der Waals surface area contributed by atoms with E-state index in [1.54, 1.807) is 7.11 Å². The van der Waals surface area contributed by atoms with E-state index in [0.29, 0.717) is 18.0 Å². The Labute approximate surface area is 138 Å². The van der Waals surface area contributed by atoms with Gasteiger partial charge < -0.3 is 10.1 Å². The van der Waals surface area contributed by atoms with Crippen LogP contribution in [-0.2, 0) is 11.3 Å². The van der Waals surface area contributed by atoms with Crippen molar-refractivity contribution in [2.75, 3.05) is 19.0 Å². The molecular formula is C19H24N2O2. The zero-order chi connectivity index (χ0) is 16.7. The van der Waals surface area contributed by atoms with E-state index in [0.717, 1.165) is 6.54 Å². The molecule has 122 valence electrons. The molecule has 2 rings (SSSR count). The second kappa shape index (κ2) is 8.34. The van der Waals surface area contributed by atoms with E-state index >= 15 is 0 Å². The van der Waals surface area contributed by atoms with E-state index in [1.807, 2.05) is 42.5 Å². The van der Waals surface area contributed by atoms with Gasteiger partial charge in [0.2, 0.25) is 5.91 Å². The Morgan fingerprint density at radius 2 is 1.74 bits per heavy atom. The van der Waals surface area contributed by atoms with Crippen molar-refractivity contribution in [3.8, 4) is 5.75 Å². The summed E-state index contributed by atoms with van der Waals surface area (Å²) in [6.07, 6.45) is 0. The van der Waals surface area contributed by atoms with Crippen LogP contribution in [0.2, 0.25) is 0 Å². The SMILES string of the molecule is COc1ccccc1NC(=O)CN(Cc1ccccc1)C(C)C. The minimum absolute atomic E-state index is 0.0425. The van der Waals surface area contributed by atoms with Crippen molar-refractivity contribution in [2.24, 2.45) is 0 Å². The zero-order valence-corrected chi connectivity index (χ0v) is 14.0. The maximum Gasteiger partial charge on any atom is 0.238 e. The Morgan fingerprint density at radius 3 is 2.39 bits per heavy atom. The lowest BCUT2D eigenvalue weighted by molar-refractivity contribution is -0.117. The number of hydrogen-bond acceptors (Lipinski definition) is 3. The highest BCUT2D eigenvalue weighted by atomic mass is 16.5. The number of carbonyl (C=O) groups excluding carboxylic acids is 1. The van der Waals surface area contributed by atoms with Gasteiger partial charge in [0, 0.05) is 12.6 Å². The van der Waals surface area contributed by atoms with Crippen LogP contribution >= 0.6 is 0 Å². The van der Waals surface area contributed by atoms with Gasteiger partial charge in [-0.15, -0.1) is 0 Å². The lowest BCUT2D eigenvalue weighted by Gasteiger charge is -2.26. The minimum atomic E-state index is -0.0425. The monoisotopic (exact) mass is 312 g/mol. The highest BCUT2D eigenvalue weighted by Gasteiger charge is 2.15. The summed E-state index contributed by atoms with van der Waals surface area (Å²) in [5, 5.41) is 2.93. The first kappa shape index (κ1) is 17.0. The minimum Gasteiger partial charge on any atom is -0.495 e. The molecule has 0 saturated heterocycles. The summed E-state index contributed by atoms with van der Waals surface area (Å²) < 4.78 is 5.27. The number of ether oxygens (including phenoxy) is 1. The van der Waals surface area contributed by atoms with Gasteiger partial charge in [-0.3, -0.25) is 9.69 Å². The molecule has 2 aromatic carbocycles. The molecule has 0 aromatic heterocycles. The van der Waals surface area contributed by atoms with Crippen LogP contribution in [0.3, 0.4) is 0 Å². The van der Waals surface area contributed by atoms with Crippen LogP contribution in [0.15, 0.2) is 54.6 Å². The van der Waals surface area contributed by atoms with Gasteiger partial charge in [0.1, 0.15) is 5.75 Å². The molecule has 0 aliphatic heterocycles.